The molecule has 2 aliphatic heterocycles. The van der Waals surface area contributed by atoms with Crippen LogP contribution in [0.2, 0.25) is 0 Å². The first kappa shape index (κ1) is 13.8. The molecule has 1 atom stereocenters. The van der Waals surface area contributed by atoms with Gasteiger partial charge >= 0.3 is 0 Å². The number of carbonyl (C=O) groups excluding carboxylic acids is 1. The van der Waals surface area contributed by atoms with Gasteiger partial charge in [-0.25, -0.2) is 0 Å². The summed E-state index contributed by atoms with van der Waals surface area (Å²) in [7, 11) is 2.01. The fraction of sp³-hybridized carbons (Fsp3) is 0.923. The van der Waals surface area contributed by atoms with Crippen molar-refractivity contribution < 1.29 is 9.53 Å². The molecular formula is C13H25N3O2. The van der Waals surface area contributed by atoms with Crippen LogP contribution >= 0.6 is 0 Å². The van der Waals surface area contributed by atoms with E-state index in [9.17, 15) is 4.79 Å². The molecule has 0 aliphatic carbocycles. The molecule has 1 N–H and O–H groups in total. The fourth-order valence-electron chi connectivity index (χ4n) is 2.61. The molecule has 0 aromatic carbocycles. The second-order valence-electron chi connectivity index (χ2n) is 5.32. The third-order valence-corrected chi connectivity index (χ3v) is 3.66. The molecule has 0 radical (unpaired) electrons. The molecule has 104 valence electrons. The molecule has 2 saturated heterocycles. The van der Waals surface area contributed by atoms with Crippen LogP contribution in [0.15, 0.2) is 0 Å². The van der Waals surface area contributed by atoms with E-state index in [-0.39, 0.29) is 5.91 Å². The Morgan fingerprint density at radius 2 is 2.17 bits per heavy atom. The van der Waals surface area contributed by atoms with Crippen LogP contribution < -0.4 is 5.32 Å². The SMILES string of the molecule is CN(CC(=O)N1CCNCC1)CC1CCCCO1. The van der Waals surface area contributed by atoms with Gasteiger partial charge in [0.1, 0.15) is 0 Å². The van der Waals surface area contributed by atoms with Crippen LogP contribution in [0.25, 0.3) is 0 Å². The molecule has 1 unspecified atom stereocenters. The Labute approximate surface area is 109 Å². The van der Waals surface area contributed by atoms with Crippen molar-refractivity contribution >= 4 is 5.91 Å². The maximum atomic E-state index is 12.1. The topological polar surface area (TPSA) is 44.8 Å². The zero-order valence-corrected chi connectivity index (χ0v) is 11.4. The molecule has 2 aliphatic rings. The lowest BCUT2D eigenvalue weighted by Crippen LogP contribution is -2.49. The average molecular weight is 255 g/mol. The van der Waals surface area contributed by atoms with Crippen molar-refractivity contribution in [2.45, 2.75) is 25.4 Å². The molecule has 1 amide bonds. The standard InChI is InChI=1S/C13H25N3O2/c1-15(10-12-4-2-3-9-18-12)11-13(17)16-7-5-14-6-8-16/h12,14H,2-11H2,1H3. The number of rotatable bonds is 4. The first-order valence-corrected chi connectivity index (χ1v) is 7.04. The summed E-state index contributed by atoms with van der Waals surface area (Å²) in [4.78, 5) is 16.1. The lowest BCUT2D eigenvalue weighted by Gasteiger charge is -2.31. The second-order valence-corrected chi connectivity index (χ2v) is 5.32. The summed E-state index contributed by atoms with van der Waals surface area (Å²) in [5.74, 6) is 0.245. The van der Waals surface area contributed by atoms with Gasteiger partial charge in [-0.05, 0) is 26.3 Å². The van der Waals surface area contributed by atoms with Gasteiger partial charge in [0.2, 0.25) is 5.91 Å². The average Bonchev–Trinajstić information content (AvgIpc) is 2.40. The molecular weight excluding hydrogens is 230 g/mol. The molecule has 0 aromatic heterocycles. The summed E-state index contributed by atoms with van der Waals surface area (Å²) in [5, 5.41) is 3.26. The van der Waals surface area contributed by atoms with Crippen LogP contribution in [-0.4, -0.2) is 74.7 Å². The largest absolute Gasteiger partial charge is 0.377 e. The van der Waals surface area contributed by atoms with E-state index in [0.717, 1.165) is 45.8 Å². The lowest BCUT2D eigenvalue weighted by molar-refractivity contribution is -0.133. The maximum Gasteiger partial charge on any atom is 0.236 e. The number of nitrogens with one attached hydrogen (secondary N) is 1. The zero-order valence-electron chi connectivity index (χ0n) is 11.4. The van der Waals surface area contributed by atoms with Gasteiger partial charge in [0.15, 0.2) is 0 Å². The Hall–Kier alpha value is -0.650. The summed E-state index contributed by atoms with van der Waals surface area (Å²) in [6, 6.07) is 0. The van der Waals surface area contributed by atoms with Crippen LogP contribution in [0.5, 0.6) is 0 Å². The maximum absolute atomic E-state index is 12.1. The molecule has 0 bridgehead atoms. The Morgan fingerprint density at radius 3 is 2.83 bits per heavy atom. The summed E-state index contributed by atoms with van der Waals surface area (Å²) in [6.07, 6.45) is 3.88. The monoisotopic (exact) mass is 255 g/mol. The number of carbonyl (C=O) groups is 1. The molecule has 0 saturated carbocycles. The molecule has 2 heterocycles. The highest BCUT2D eigenvalue weighted by Crippen LogP contribution is 2.13. The van der Waals surface area contributed by atoms with Crippen LogP contribution in [0.4, 0.5) is 0 Å². The van der Waals surface area contributed by atoms with Crippen LogP contribution in [0, 0.1) is 0 Å². The normalized spacial score (nSPS) is 25.4. The summed E-state index contributed by atoms with van der Waals surface area (Å²) < 4.78 is 5.70. The molecule has 2 rings (SSSR count). The highest BCUT2D eigenvalue weighted by molar-refractivity contribution is 5.78. The molecule has 2 fully saturated rings. The van der Waals surface area contributed by atoms with E-state index in [0.29, 0.717) is 12.6 Å². The van der Waals surface area contributed by atoms with Crippen molar-refractivity contribution in [1.29, 1.82) is 0 Å². The van der Waals surface area contributed by atoms with Crippen molar-refractivity contribution in [3.05, 3.63) is 0 Å². The van der Waals surface area contributed by atoms with Gasteiger partial charge in [-0.2, -0.15) is 0 Å². The van der Waals surface area contributed by atoms with Crippen molar-refractivity contribution in [1.82, 2.24) is 15.1 Å². The summed E-state index contributed by atoms with van der Waals surface area (Å²) in [6.45, 7) is 5.78. The van der Waals surface area contributed by atoms with E-state index in [4.69, 9.17) is 4.74 Å². The minimum atomic E-state index is 0.245. The van der Waals surface area contributed by atoms with Crippen LogP contribution in [-0.2, 0) is 9.53 Å². The Balaban J connectivity index is 1.68. The zero-order chi connectivity index (χ0) is 12.8. The smallest absolute Gasteiger partial charge is 0.236 e. The quantitative estimate of drug-likeness (QED) is 0.763. The molecule has 5 heteroatoms. The number of hydrogen-bond acceptors (Lipinski definition) is 4. The Morgan fingerprint density at radius 1 is 1.39 bits per heavy atom. The molecule has 18 heavy (non-hydrogen) atoms. The predicted octanol–water partition coefficient (Wildman–Crippen LogP) is -0.0809. The van der Waals surface area contributed by atoms with Crippen molar-refractivity contribution in [3.8, 4) is 0 Å². The van der Waals surface area contributed by atoms with Gasteiger partial charge in [0, 0.05) is 39.3 Å². The van der Waals surface area contributed by atoms with Gasteiger partial charge in [0.05, 0.1) is 12.6 Å². The minimum Gasteiger partial charge on any atom is -0.377 e. The number of hydrogen-bond donors (Lipinski definition) is 1. The molecule has 0 aromatic rings. The highest BCUT2D eigenvalue weighted by Gasteiger charge is 2.20. The number of ether oxygens (including phenoxy) is 1. The summed E-state index contributed by atoms with van der Waals surface area (Å²) in [5.41, 5.74) is 0. The van der Waals surface area contributed by atoms with Gasteiger partial charge in [0.25, 0.3) is 0 Å². The third-order valence-electron chi connectivity index (χ3n) is 3.66. The van der Waals surface area contributed by atoms with E-state index in [2.05, 4.69) is 10.2 Å². The van der Waals surface area contributed by atoms with Gasteiger partial charge < -0.3 is 15.0 Å². The first-order valence-electron chi connectivity index (χ1n) is 7.04. The van der Waals surface area contributed by atoms with Crippen molar-refractivity contribution in [3.63, 3.8) is 0 Å². The second kappa shape index (κ2) is 7.07. The number of piperazine rings is 1. The van der Waals surface area contributed by atoms with Crippen LogP contribution in [0.1, 0.15) is 19.3 Å². The predicted molar refractivity (Wildman–Crippen MR) is 70.5 cm³/mol. The van der Waals surface area contributed by atoms with Crippen molar-refractivity contribution in [2.75, 3.05) is 52.9 Å². The van der Waals surface area contributed by atoms with E-state index in [1.54, 1.807) is 0 Å². The van der Waals surface area contributed by atoms with E-state index >= 15 is 0 Å². The third kappa shape index (κ3) is 4.23. The molecule has 5 nitrogen and oxygen atoms in total. The minimum absolute atomic E-state index is 0.245. The van der Waals surface area contributed by atoms with Gasteiger partial charge in [-0.15, -0.1) is 0 Å². The Kier molecular flexibility index (Phi) is 5.41. The van der Waals surface area contributed by atoms with E-state index < -0.39 is 0 Å². The Bertz CT molecular complexity index is 261. The van der Waals surface area contributed by atoms with E-state index in [1.807, 2.05) is 11.9 Å². The number of amides is 1. The summed E-state index contributed by atoms with van der Waals surface area (Å²) >= 11 is 0. The number of nitrogens with zero attached hydrogens (tertiary/aromatic N) is 2. The fourth-order valence-corrected chi connectivity index (χ4v) is 2.61. The van der Waals surface area contributed by atoms with Gasteiger partial charge in [-0.1, -0.05) is 0 Å². The molecule has 0 spiro atoms. The van der Waals surface area contributed by atoms with E-state index in [1.165, 1.54) is 12.8 Å². The van der Waals surface area contributed by atoms with Crippen LogP contribution in [0.3, 0.4) is 0 Å². The number of likely N-dealkylation sites (N-methyl/N-ethyl adjacent to an activating group) is 1. The van der Waals surface area contributed by atoms with Crippen molar-refractivity contribution in [2.24, 2.45) is 0 Å². The highest BCUT2D eigenvalue weighted by atomic mass is 16.5. The lowest BCUT2D eigenvalue weighted by atomic mass is 10.1. The van der Waals surface area contributed by atoms with Gasteiger partial charge in [-0.3, -0.25) is 9.69 Å². The first-order chi connectivity index (χ1) is 8.75.